The highest BCUT2D eigenvalue weighted by Gasteiger charge is 2.46. The lowest BCUT2D eigenvalue weighted by atomic mass is 9.93. The number of aromatic hydroxyl groups is 2. The third-order valence-corrected chi connectivity index (χ3v) is 4.57. The number of fused-ring (bicyclic) bond motifs is 1. The number of phenolic OH excluding ortho intramolecular Hbond substituents is 2. The Hall–Kier alpha value is -3.03. The van der Waals surface area contributed by atoms with Crippen LogP contribution in [0.5, 0.6) is 23.0 Å². The van der Waals surface area contributed by atoms with Gasteiger partial charge in [-0.2, -0.15) is 0 Å². The van der Waals surface area contributed by atoms with Crippen molar-refractivity contribution in [3.05, 3.63) is 53.1 Å². The summed E-state index contributed by atoms with van der Waals surface area (Å²) < 4.78 is 10.9. The molecule has 4 N–H and O–H groups in total. The van der Waals surface area contributed by atoms with Crippen molar-refractivity contribution in [3.63, 3.8) is 0 Å². The number of hydrogen-bond acceptors (Lipinski definition) is 7. The zero-order valence-electron chi connectivity index (χ0n) is 15.7. The fraction of sp³-hybridized carbons (Fsp3) is 0.286. The molecule has 2 aromatic rings. The second-order valence-electron chi connectivity index (χ2n) is 7.14. The molecule has 2 atom stereocenters. The van der Waals surface area contributed by atoms with Crippen LogP contribution in [0.3, 0.4) is 0 Å². The molecule has 0 fully saturated rings. The number of carbonyl (C=O) groups excluding carboxylic acids is 1. The van der Waals surface area contributed by atoms with E-state index in [-0.39, 0.29) is 34.1 Å². The van der Waals surface area contributed by atoms with Gasteiger partial charge in [-0.25, -0.2) is 0 Å². The molecule has 0 spiro atoms. The highest BCUT2D eigenvalue weighted by Crippen LogP contribution is 2.50. The van der Waals surface area contributed by atoms with Crippen LogP contribution in [0, 0.1) is 0 Å². The van der Waals surface area contributed by atoms with Gasteiger partial charge in [-0.05, 0) is 37.6 Å². The van der Waals surface area contributed by atoms with Crippen LogP contribution in [0.1, 0.15) is 41.4 Å². The second kappa shape index (κ2) is 7.18. The minimum atomic E-state index is -1.42. The van der Waals surface area contributed by atoms with Gasteiger partial charge in [0.2, 0.25) is 0 Å². The van der Waals surface area contributed by atoms with Gasteiger partial charge in [0, 0.05) is 6.07 Å². The first-order valence-electron chi connectivity index (χ1n) is 8.66. The van der Waals surface area contributed by atoms with Crippen molar-refractivity contribution in [2.75, 3.05) is 7.11 Å². The van der Waals surface area contributed by atoms with Crippen molar-refractivity contribution in [3.8, 4) is 23.0 Å². The lowest BCUT2D eigenvalue weighted by Gasteiger charge is -2.27. The number of methoxy groups -OCH3 is 1. The molecule has 1 aliphatic rings. The van der Waals surface area contributed by atoms with Gasteiger partial charge in [-0.15, -0.1) is 0 Å². The van der Waals surface area contributed by atoms with Gasteiger partial charge in [0.05, 0.1) is 18.3 Å². The molecule has 0 radical (unpaired) electrons. The smallest absolute Gasteiger partial charge is 0.193 e. The van der Waals surface area contributed by atoms with Crippen molar-refractivity contribution >= 4 is 11.9 Å². The average molecular weight is 386 g/mol. The summed E-state index contributed by atoms with van der Waals surface area (Å²) in [7, 11) is 1.35. The first-order chi connectivity index (χ1) is 13.1. The van der Waals surface area contributed by atoms with Gasteiger partial charge < -0.3 is 29.9 Å². The lowest BCUT2D eigenvalue weighted by Crippen LogP contribution is -2.41. The monoisotopic (exact) mass is 386 g/mol. The number of allylic oxidation sites excluding steroid dienone is 1. The molecule has 0 bridgehead atoms. The molecule has 7 heteroatoms. The number of aliphatic hydroxyl groups excluding tert-OH is 1. The van der Waals surface area contributed by atoms with Crippen LogP contribution in [0.15, 0.2) is 36.4 Å². The summed E-state index contributed by atoms with van der Waals surface area (Å²) in [5.41, 5.74) is -0.651. The van der Waals surface area contributed by atoms with Crippen LogP contribution in [-0.4, -0.2) is 45.0 Å². The predicted molar refractivity (Wildman–Crippen MR) is 102 cm³/mol. The molecular formula is C21H22O7. The van der Waals surface area contributed by atoms with Crippen molar-refractivity contribution in [2.24, 2.45) is 0 Å². The number of rotatable bonds is 5. The first-order valence-corrected chi connectivity index (χ1v) is 8.66. The second-order valence-corrected chi connectivity index (χ2v) is 7.14. The Balaban J connectivity index is 2.04. The molecule has 0 aliphatic carbocycles. The van der Waals surface area contributed by atoms with E-state index >= 15 is 0 Å². The van der Waals surface area contributed by atoms with E-state index in [1.165, 1.54) is 45.2 Å². The average Bonchev–Trinajstić information content (AvgIpc) is 2.99. The molecule has 1 aliphatic heterocycles. The summed E-state index contributed by atoms with van der Waals surface area (Å²) in [6, 6.07) is 7.51. The van der Waals surface area contributed by atoms with E-state index in [1.54, 1.807) is 18.2 Å². The van der Waals surface area contributed by atoms with Crippen LogP contribution in [-0.2, 0) is 0 Å². The van der Waals surface area contributed by atoms with Crippen molar-refractivity contribution < 1.29 is 34.7 Å². The molecule has 148 valence electrons. The maximum Gasteiger partial charge on any atom is 0.193 e. The van der Waals surface area contributed by atoms with E-state index in [0.717, 1.165) is 0 Å². The summed E-state index contributed by atoms with van der Waals surface area (Å²) in [5.74, 6) is -0.575. The maximum atomic E-state index is 12.9. The SMILES string of the molecule is COc1cc(O)c2c(c1C(=O)C=Cc1ccc(O)cc1)OC(C(C)(C)O)C2O. The van der Waals surface area contributed by atoms with Crippen LogP contribution in [0.25, 0.3) is 6.08 Å². The van der Waals surface area contributed by atoms with E-state index in [9.17, 15) is 25.2 Å². The highest BCUT2D eigenvalue weighted by atomic mass is 16.5. The quantitative estimate of drug-likeness (QED) is 0.461. The minimum Gasteiger partial charge on any atom is -0.508 e. The Labute approximate surface area is 162 Å². The third-order valence-electron chi connectivity index (χ3n) is 4.57. The number of carbonyl (C=O) groups is 1. The summed E-state index contributed by atoms with van der Waals surface area (Å²) in [4.78, 5) is 12.9. The highest BCUT2D eigenvalue weighted by molar-refractivity contribution is 6.11. The normalized spacial score (nSPS) is 18.8. The van der Waals surface area contributed by atoms with Gasteiger partial charge in [0.1, 0.15) is 34.7 Å². The number of hydrogen-bond donors (Lipinski definition) is 4. The Bertz CT molecular complexity index is 923. The molecule has 2 aromatic carbocycles. The van der Waals surface area contributed by atoms with Crippen LogP contribution in [0.2, 0.25) is 0 Å². The van der Waals surface area contributed by atoms with Crippen LogP contribution >= 0.6 is 0 Å². The van der Waals surface area contributed by atoms with Crippen molar-refractivity contribution in [1.29, 1.82) is 0 Å². The van der Waals surface area contributed by atoms with Gasteiger partial charge in [0.25, 0.3) is 0 Å². The fourth-order valence-corrected chi connectivity index (χ4v) is 3.15. The summed E-state index contributed by atoms with van der Waals surface area (Å²) in [5, 5.41) is 40.4. The molecule has 3 rings (SSSR count). The Morgan fingerprint density at radius 3 is 2.43 bits per heavy atom. The molecule has 0 aromatic heterocycles. The Morgan fingerprint density at radius 1 is 1.21 bits per heavy atom. The third kappa shape index (κ3) is 3.54. The number of phenols is 2. The Kier molecular flexibility index (Phi) is 5.06. The molecule has 7 nitrogen and oxygen atoms in total. The largest absolute Gasteiger partial charge is 0.508 e. The van der Waals surface area contributed by atoms with Gasteiger partial charge in [-0.1, -0.05) is 18.2 Å². The maximum absolute atomic E-state index is 12.9. The van der Waals surface area contributed by atoms with Crippen molar-refractivity contribution in [1.82, 2.24) is 0 Å². The van der Waals surface area contributed by atoms with Crippen molar-refractivity contribution in [2.45, 2.75) is 31.7 Å². The van der Waals surface area contributed by atoms with E-state index < -0.39 is 23.6 Å². The predicted octanol–water partition coefficient (Wildman–Crippen LogP) is 2.57. The molecular weight excluding hydrogens is 364 g/mol. The van der Waals surface area contributed by atoms with E-state index in [2.05, 4.69) is 0 Å². The lowest BCUT2D eigenvalue weighted by molar-refractivity contribution is -0.0765. The topological polar surface area (TPSA) is 116 Å². The van der Waals surface area contributed by atoms with Gasteiger partial charge >= 0.3 is 0 Å². The van der Waals surface area contributed by atoms with Crippen LogP contribution < -0.4 is 9.47 Å². The zero-order chi connectivity index (χ0) is 20.6. The summed E-state index contributed by atoms with van der Waals surface area (Å²) in [6.45, 7) is 2.93. The number of aliphatic hydroxyl groups is 2. The number of ether oxygens (including phenoxy) is 2. The molecule has 0 saturated carbocycles. The van der Waals surface area contributed by atoms with E-state index in [0.29, 0.717) is 5.56 Å². The zero-order valence-corrected chi connectivity index (χ0v) is 15.7. The standard InChI is InChI=1S/C21H22O7/c1-21(2,26)20-18(25)17-14(24)10-15(27-3)16(19(17)28-20)13(23)9-6-11-4-7-12(22)8-5-11/h4-10,18,20,22,24-26H,1-3H3. The van der Waals surface area contributed by atoms with Gasteiger partial charge in [0.15, 0.2) is 11.9 Å². The molecule has 2 unspecified atom stereocenters. The number of ketones is 1. The minimum absolute atomic E-state index is 0.0168. The molecule has 0 amide bonds. The van der Waals surface area contributed by atoms with Crippen LogP contribution in [0.4, 0.5) is 0 Å². The molecule has 0 saturated heterocycles. The molecule has 1 heterocycles. The fourth-order valence-electron chi connectivity index (χ4n) is 3.15. The van der Waals surface area contributed by atoms with E-state index in [4.69, 9.17) is 9.47 Å². The summed E-state index contributed by atoms with van der Waals surface area (Å²) >= 11 is 0. The van der Waals surface area contributed by atoms with E-state index in [1.807, 2.05) is 0 Å². The Morgan fingerprint density at radius 2 is 1.86 bits per heavy atom. The first kappa shape index (κ1) is 19.7. The summed E-state index contributed by atoms with van der Waals surface area (Å²) in [6.07, 6.45) is 0.482. The molecule has 28 heavy (non-hydrogen) atoms. The van der Waals surface area contributed by atoms with Gasteiger partial charge in [-0.3, -0.25) is 4.79 Å². The number of benzene rings is 2.